The number of fused-ring (bicyclic) bond motifs is 2. The molecular weight excluding hydrogens is 326 g/mol. The second-order valence-corrected chi connectivity index (χ2v) is 6.85. The van der Waals surface area contributed by atoms with E-state index in [1.54, 1.807) is 0 Å². The Bertz CT molecular complexity index is 1170. The van der Waals surface area contributed by atoms with Crippen LogP contribution in [-0.4, -0.2) is 6.21 Å². The molecule has 0 spiro atoms. The van der Waals surface area contributed by atoms with E-state index in [9.17, 15) is 0 Å². The molecule has 0 aromatic heterocycles. The molecule has 1 unspecified atom stereocenters. The van der Waals surface area contributed by atoms with Crippen molar-refractivity contribution in [1.82, 2.24) is 0 Å². The van der Waals surface area contributed by atoms with Gasteiger partial charge in [0.25, 0.3) is 0 Å². The van der Waals surface area contributed by atoms with Crippen LogP contribution in [0.15, 0.2) is 102 Å². The van der Waals surface area contributed by atoms with Gasteiger partial charge in [0.05, 0.1) is 5.69 Å². The van der Waals surface area contributed by atoms with Crippen LogP contribution in [0.1, 0.15) is 28.2 Å². The molecule has 0 saturated carbocycles. The van der Waals surface area contributed by atoms with Crippen LogP contribution in [0, 0.1) is 0 Å². The van der Waals surface area contributed by atoms with Gasteiger partial charge in [-0.2, -0.15) is 0 Å². The quantitative estimate of drug-likeness (QED) is 0.364. The molecule has 0 aliphatic heterocycles. The van der Waals surface area contributed by atoms with Gasteiger partial charge in [-0.25, -0.2) is 0 Å². The third-order valence-electron chi connectivity index (χ3n) is 5.24. The lowest BCUT2D eigenvalue weighted by Crippen LogP contribution is -2.01. The summed E-state index contributed by atoms with van der Waals surface area (Å²) in [7, 11) is 0. The molecule has 1 atom stereocenters. The summed E-state index contributed by atoms with van der Waals surface area (Å²) >= 11 is 0. The van der Waals surface area contributed by atoms with Gasteiger partial charge in [-0.3, -0.25) is 4.99 Å². The number of hydrogen-bond acceptors (Lipinski definition) is 1. The lowest BCUT2D eigenvalue weighted by molar-refractivity contribution is 1.05. The lowest BCUT2D eigenvalue weighted by atomic mass is 9.87. The minimum Gasteiger partial charge on any atom is -0.256 e. The first-order valence-electron chi connectivity index (χ1n) is 9.28. The number of nitrogens with zero attached hydrogens (tertiary/aromatic N) is 1. The maximum Gasteiger partial charge on any atom is 0.0629 e. The monoisotopic (exact) mass is 345 g/mol. The molecule has 1 nitrogen and oxygen atoms in total. The van der Waals surface area contributed by atoms with Crippen LogP contribution in [0.2, 0.25) is 0 Å². The van der Waals surface area contributed by atoms with Crippen LogP contribution in [0.4, 0.5) is 5.69 Å². The first-order valence-corrected chi connectivity index (χ1v) is 9.28. The Morgan fingerprint density at radius 2 is 1.44 bits per heavy atom. The average Bonchev–Trinajstić information content (AvgIpc) is 3.16. The SMILES string of the molecule is C1=CC(c2ccc3ccccc3c2/C=N/c2ccccc2)c2ccccc21. The second kappa shape index (κ2) is 6.69. The smallest absolute Gasteiger partial charge is 0.0629 e. The molecule has 1 aliphatic carbocycles. The highest BCUT2D eigenvalue weighted by atomic mass is 14.7. The summed E-state index contributed by atoms with van der Waals surface area (Å²) < 4.78 is 0. The Hall–Kier alpha value is -3.45. The van der Waals surface area contributed by atoms with E-state index in [0.29, 0.717) is 0 Å². The largest absolute Gasteiger partial charge is 0.256 e. The Morgan fingerprint density at radius 3 is 2.37 bits per heavy atom. The van der Waals surface area contributed by atoms with Gasteiger partial charge < -0.3 is 0 Å². The highest BCUT2D eigenvalue weighted by Gasteiger charge is 2.21. The van der Waals surface area contributed by atoms with Gasteiger partial charge in [0.2, 0.25) is 0 Å². The molecule has 0 N–H and O–H groups in total. The van der Waals surface area contributed by atoms with Crippen molar-refractivity contribution < 1.29 is 0 Å². The Balaban J connectivity index is 1.69. The Labute approximate surface area is 159 Å². The van der Waals surface area contributed by atoms with Gasteiger partial charge in [0.15, 0.2) is 0 Å². The third kappa shape index (κ3) is 2.88. The zero-order chi connectivity index (χ0) is 18.1. The summed E-state index contributed by atoms with van der Waals surface area (Å²) in [6, 6.07) is 31.8. The Kier molecular flexibility index (Phi) is 3.91. The predicted molar refractivity (Wildman–Crippen MR) is 115 cm³/mol. The van der Waals surface area contributed by atoms with Gasteiger partial charge in [0, 0.05) is 17.7 Å². The minimum atomic E-state index is 0.267. The number of benzene rings is 4. The van der Waals surface area contributed by atoms with Gasteiger partial charge in [-0.15, -0.1) is 0 Å². The van der Waals surface area contributed by atoms with Gasteiger partial charge in [-0.05, 0) is 39.6 Å². The summed E-state index contributed by atoms with van der Waals surface area (Å²) in [6.45, 7) is 0. The minimum absolute atomic E-state index is 0.267. The molecule has 4 aromatic carbocycles. The van der Waals surface area contributed by atoms with Crippen LogP contribution < -0.4 is 0 Å². The van der Waals surface area contributed by atoms with Crippen LogP contribution in [0.25, 0.3) is 16.8 Å². The van der Waals surface area contributed by atoms with E-state index in [0.717, 1.165) is 5.69 Å². The predicted octanol–water partition coefficient (Wildman–Crippen LogP) is 6.75. The van der Waals surface area contributed by atoms with E-state index in [4.69, 9.17) is 4.99 Å². The highest BCUT2D eigenvalue weighted by molar-refractivity contribution is 6.02. The first-order chi connectivity index (χ1) is 13.4. The van der Waals surface area contributed by atoms with Gasteiger partial charge >= 0.3 is 0 Å². The number of rotatable bonds is 3. The van der Waals surface area contributed by atoms with E-state index in [-0.39, 0.29) is 5.92 Å². The van der Waals surface area contributed by atoms with Gasteiger partial charge in [0.1, 0.15) is 0 Å². The zero-order valence-electron chi connectivity index (χ0n) is 14.9. The standard InChI is InChI=1S/C26H19N/c1-2-10-21(11-3-1)27-18-26-23-13-7-5-9-20(23)15-17-25(26)24-16-14-19-8-4-6-12-22(19)24/h1-18,24H/b27-18+. The van der Waals surface area contributed by atoms with Crippen molar-refractivity contribution in [2.45, 2.75) is 5.92 Å². The number of para-hydroxylation sites is 1. The van der Waals surface area contributed by atoms with Crippen LogP contribution >= 0.6 is 0 Å². The summed E-state index contributed by atoms with van der Waals surface area (Å²) in [6.07, 6.45) is 6.56. The summed E-state index contributed by atoms with van der Waals surface area (Å²) in [5, 5.41) is 2.48. The van der Waals surface area contributed by atoms with Crippen molar-refractivity contribution in [3.8, 4) is 0 Å². The summed E-state index contributed by atoms with van der Waals surface area (Å²) in [5.41, 5.74) is 6.14. The van der Waals surface area contributed by atoms with Gasteiger partial charge in [-0.1, -0.05) is 91.0 Å². The highest BCUT2D eigenvalue weighted by Crippen LogP contribution is 2.38. The average molecular weight is 345 g/mol. The molecule has 0 heterocycles. The molecular formula is C26H19N. The fourth-order valence-corrected chi connectivity index (χ4v) is 3.90. The van der Waals surface area contributed by atoms with Crippen LogP contribution in [-0.2, 0) is 0 Å². The topological polar surface area (TPSA) is 12.4 Å². The van der Waals surface area contributed by atoms with E-state index in [2.05, 4.69) is 72.8 Å². The maximum atomic E-state index is 4.77. The number of allylic oxidation sites excluding steroid dienone is 1. The second-order valence-electron chi connectivity index (χ2n) is 6.85. The molecule has 4 aromatic rings. The van der Waals surface area contributed by atoms with Crippen molar-refractivity contribution >= 4 is 28.8 Å². The van der Waals surface area contributed by atoms with Crippen molar-refractivity contribution in [2.24, 2.45) is 4.99 Å². The van der Waals surface area contributed by atoms with Crippen molar-refractivity contribution in [3.63, 3.8) is 0 Å². The molecule has 0 fully saturated rings. The van der Waals surface area contributed by atoms with Crippen molar-refractivity contribution in [1.29, 1.82) is 0 Å². The van der Waals surface area contributed by atoms with E-state index >= 15 is 0 Å². The summed E-state index contributed by atoms with van der Waals surface area (Å²) in [5.74, 6) is 0.267. The van der Waals surface area contributed by atoms with E-state index in [1.165, 1.54) is 33.0 Å². The van der Waals surface area contributed by atoms with Crippen molar-refractivity contribution in [2.75, 3.05) is 0 Å². The fourth-order valence-electron chi connectivity index (χ4n) is 3.90. The van der Waals surface area contributed by atoms with Crippen molar-refractivity contribution in [3.05, 3.63) is 119 Å². The van der Waals surface area contributed by atoms with Crippen LogP contribution in [0.3, 0.4) is 0 Å². The molecule has 128 valence electrons. The maximum absolute atomic E-state index is 4.77. The zero-order valence-corrected chi connectivity index (χ0v) is 14.9. The molecule has 5 rings (SSSR count). The third-order valence-corrected chi connectivity index (χ3v) is 5.24. The molecule has 0 saturated heterocycles. The molecule has 27 heavy (non-hydrogen) atoms. The van der Waals surface area contributed by atoms with Crippen LogP contribution in [0.5, 0.6) is 0 Å². The van der Waals surface area contributed by atoms with E-state index < -0.39 is 0 Å². The summed E-state index contributed by atoms with van der Waals surface area (Å²) in [4.78, 5) is 4.77. The number of aliphatic imine (C=N–C) groups is 1. The molecule has 1 heteroatoms. The lowest BCUT2D eigenvalue weighted by Gasteiger charge is -2.16. The molecule has 0 amide bonds. The normalized spacial score (nSPS) is 15.5. The Morgan fingerprint density at radius 1 is 0.667 bits per heavy atom. The fraction of sp³-hybridized carbons (Fsp3) is 0.0385. The molecule has 1 aliphatic rings. The number of hydrogen-bond donors (Lipinski definition) is 0. The molecule has 0 radical (unpaired) electrons. The molecule has 0 bridgehead atoms. The first kappa shape index (κ1) is 15.8. The van der Waals surface area contributed by atoms with E-state index in [1.807, 2.05) is 36.5 Å².